The van der Waals surface area contributed by atoms with E-state index in [2.05, 4.69) is 19.1 Å². The molecule has 0 spiro atoms. The van der Waals surface area contributed by atoms with Gasteiger partial charge in [0.1, 0.15) is 5.75 Å². The van der Waals surface area contributed by atoms with E-state index in [-0.39, 0.29) is 5.38 Å². The molecule has 1 aromatic rings. The second-order valence-electron chi connectivity index (χ2n) is 3.63. The molecule has 0 amide bonds. The summed E-state index contributed by atoms with van der Waals surface area (Å²) in [5.74, 6) is 0.966. The molecule has 1 atom stereocenters. The number of halogens is 1. The Bertz CT molecular complexity index is 294. The van der Waals surface area contributed by atoms with Gasteiger partial charge in [0.25, 0.3) is 0 Å². The summed E-state index contributed by atoms with van der Waals surface area (Å²) in [5, 5.41) is 0.222. The molecule has 0 bridgehead atoms. The van der Waals surface area contributed by atoms with E-state index in [4.69, 9.17) is 16.3 Å². The summed E-state index contributed by atoms with van der Waals surface area (Å²) >= 11 is 5.92. The van der Waals surface area contributed by atoms with Crippen molar-refractivity contribution in [2.24, 2.45) is 0 Å². The maximum atomic E-state index is 5.92. The number of rotatable bonds is 4. The molecule has 0 aliphatic rings. The van der Waals surface area contributed by atoms with Gasteiger partial charge in [0.2, 0.25) is 0 Å². The van der Waals surface area contributed by atoms with Gasteiger partial charge >= 0.3 is 0 Å². The van der Waals surface area contributed by atoms with Crippen molar-refractivity contribution >= 4 is 11.6 Å². The van der Waals surface area contributed by atoms with E-state index < -0.39 is 0 Å². The predicted molar refractivity (Wildman–Crippen MR) is 61.4 cm³/mol. The van der Waals surface area contributed by atoms with Crippen LogP contribution in [0.3, 0.4) is 0 Å². The molecule has 0 aromatic heterocycles. The van der Waals surface area contributed by atoms with Crippen molar-refractivity contribution in [1.29, 1.82) is 0 Å². The third-order valence-corrected chi connectivity index (χ3v) is 2.47. The summed E-state index contributed by atoms with van der Waals surface area (Å²) in [6.45, 7) is 4.11. The lowest BCUT2D eigenvalue weighted by molar-refractivity contribution is 0.409. The fourth-order valence-electron chi connectivity index (χ4n) is 1.46. The highest BCUT2D eigenvalue weighted by molar-refractivity contribution is 6.20. The zero-order valence-corrected chi connectivity index (χ0v) is 9.77. The van der Waals surface area contributed by atoms with Crippen LogP contribution < -0.4 is 4.74 Å². The van der Waals surface area contributed by atoms with Crippen LogP contribution in [0.2, 0.25) is 0 Å². The first-order chi connectivity index (χ1) is 6.63. The van der Waals surface area contributed by atoms with E-state index in [1.54, 1.807) is 7.11 Å². The van der Waals surface area contributed by atoms with Gasteiger partial charge in [-0.1, -0.05) is 17.7 Å². The second kappa shape index (κ2) is 5.26. The second-order valence-corrected chi connectivity index (χ2v) is 4.38. The minimum absolute atomic E-state index is 0.222. The van der Waals surface area contributed by atoms with Crippen LogP contribution in [-0.2, 0) is 6.42 Å². The monoisotopic (exact) mass is 212 g/mol. The lowest BCUT2D eigenvalue weighted by Crippen LogP contribution is -1.98. The molecule has 1 rings (SSSR count). The van der Waals surface area contributed by atoms with E-state index in [0.717, 1.165) is 18.6 Å². The Labute approximate surface area is 91.0 Å². The first-order valence-electron chi connectivity index (χ1n) is 4.91. The topological polar surface area (TPSA) is 9.23 Å². The largest absolute Gasteiger partial charge is 0.496 e. The lowest BCUT2D eigenvalue weighted by atomic mass is 10.0. The normalized spacial score (nSPS) is 12.6. The summed E-state index contributed by atoms with van der Waals surface area (Å²) in [5.41, 5.74) is 2.52. The Balaban J connectivity index is 2.77. The van der Waals surface area contributed by atoms with Gasteiger partial charge in [-0.25, -0.2) is 0 Å². The molecule has 1 unspecified atom stereocenters. The Kier molecular flexibility index (Phi) is 4.27. The smallest absolute Gasteiger partial charge is 0.122 e. The van der Waals surface area contributed by atoms with Crippen molar-refractivity contribution in [2.75, 3.05) is 7.11 Å². The number of benzene rings is 1. The number of hydrogen-bond acceptors (Lipinski definition) is 1. The molecule has 2 heteroatoms. The Morgan fingerprint density at radius 1 is 1.43 bits per heavy atom. The quantitative estimate of drug-likeness (QED) is 0.694. The third-order valence-electron chi connectivity index (χ3n) is 2.25. The molecule has 0 heterocycles. The number of methoxy groups -OCH3 is 1. The Morgan fingerprint density at radius 2 is 2.14 bits per heavy atom. The SMILES string of the molecule is COc1ccc(C)cc1CCC(C)Cl. The fraction of sp³-hybridized carbons (Fsp3) is 0.500. The Hall–Kier alpha value is -0.690. The molecule has 0 radical (unpaired) electrons. The summed E-state index contributed by atoms with van der Waals surface area (Å²) in [7, 11) is 1.71. The minimum atomic E-state index is 0.222. The third kappa shape index (κ3) is 3.22. The molecule has 0 aliphatic heterocycles. The molecule has 78 valence electrons. The molecule has 0 fully saturated rings. The van der Waals surface area contributed by atoms with Crippen molar-refractivity contribution in [3.8, 4) is 5.75 Å². The lowest BCUT2D eigenvalue weighted by Gasteiger charge is -2.09. The molecule has 1 nitrogen and oxygen atoms in total. The van der Waals surface area contributed by atoms with Crippen LogP contribution in [0, 0.1) is 6.92 Å². The zero-order valence-electron chi connectivity index (χ0n) is 9.01. The molecule has 0 saturated heterocycles. The van der Waals surface area contributed by atoms with Gasteiger partial charge < -0.3 is 4.74 Å². The number of aryl methyl sites for hydroxylation is 2. The van der Waals surface area contributed by atoms with Gasteiger partial charge in [-0.15, -0.1) is 11.6 Å². The van der Waals surface area contributed by atoms with Gasteiger partial charge in [0.15, 0.2) is 0 Å². The predicted octanol–water partition coefficient (Wildman–Crippen LogP) is 3.56. The molecule has 1 aromatic carbocycles. The first kappa shape index (κ1) is 11.4. The number of hydrogen-bond donors (Lipinski definition) is 0. The van der Waals surface area contributed by atoms with Crippen molar-refractivity contribution in [3.05, 3.63) is 29.3 Å². The van der Waals surface area contributed by atoms with Crippen LogP contribution in [-0.4, -0.2) is 12.5 Å². The number of ether oxygens (including phenoxy) is 1. The highest BCUT2D eigenvalue weighted by atomic mass is 35.5. The molecule has 0 aliphatic carbocycles. The fourth-order valence-corrected chi connectivity index (χ4v) is 1.57. The van der Waals surface area contributed by atoms with Crippen LogP contribution in [0.1, 0.15) is 24.5 Å². The highest BCUT2D eigenvalue weighted by Gasteiger charge is 2.04. The summed E-state index contributed by atoms with van der Waals surface area (Å²) in [4.78, 5) is 0. The molecular weight excluding hydrogens is 196 g/mol. The van der Waals surface area contributed by atoms with E-state index in [1.807, 2.05) is 13.0 Å². The zero-order chi connectivity index (χ0) is 10.6. The van der Waals surface area contributed by atoms with Crippen LogP contribution in [0.4, 0.5) is 0 Å². The average Bonchev–Trinajstić information content (AvgIpc) is 2.15. The molecule has 14 heavy (non-hydrogen) atoms. The maximum absolute atomic E-state index is 5.92. The van der Waals surface area contributed by atoms with E-state index in [1.165, 1.54) is 11.1 Å². The van der Waals surface area contributed by atoms with Gasteiger partial charge in [-0.2, -0.15) is 0 Å². The molecular formula is C12H17ClO. The molecule has 0 N–H and O–H groups in total. The van der Waals surface area contributed by atoms with Crippen molar-refractivity contribution < 1.29 is 4.74 Å². The molecule has 0 saturated carbocycles. The van der Waals surface area contributed by atoms with Crippen molar-refractivity contribution in [3.63, 3.8) is 0 Å². The van der Waals surface area contributed by atoms with Gasteiger partial charge in [0, 0.05) is 5.38 Å². The van der Waals surface area contributed by atoms with Crippen LogP contribution in [0.15, 0.2) is 18.2 Å². The van der Waals surface area contributed by atoms with Gasteiger partial charge in [0.05, 0.1) is 7.11 Å². The van der Waals surface area contributed by atoms with Crippen molar-refractivity contribution in [1.82, 2.24) is 0 Å². The van der Waals surface area contributed by atoms with Crippen LogP contribution in [0.5, 0.6) is 5.75 Å². The van der Waals surface area contributed by atoms with Gasteiger partial charge in [-0.3, -0.25) is 0 Å². The first-order valence-corrected chi connectivity index (χ1v) is 5.34. The minimum Gasteiger partial charge on any atom is -0.496 e. The van der Waals surface area contributed by atoms with Crippen molar-refractivity contribution in [2.45, 2.75) is 32.1 Å². The van der Waals surface area contributed by atoms with E-state index in [0.29, 0.717) is 0 Å². The van der Waals surface area contributed by atoms with Gasteiger partial charge in [-0.05, 0) is 38.3 Å². The summed E-state index contributed by atoms with van der Waals surface area (Å²) in [6, 6.07) is 6.24. The van der Waals surface area contributed by atoms with E-state index in [9.17, 15) is 0 Å². The van der Waals surface area contributed by atoms with Crippen LogP contribution >= 0.6 is 11.6 Å². The highest BCUT2D eigenvalue weighted by Crippen LogP contribution is 2.22. The summed E-state index contributed by atoms with van der Waals surface area (Å²) < 4.78 is 5.29. The average molecular weight is 213 g/mol. The standard InChI is InChI=1S/C12H17ClO/c1-9-4-7-12(14-3)11(8-9)6-5-10(2)13/h4,7-8,10H,5-6H2,1-3H3. The summed E-state index contributed by atoms with van der Waals surface area (Å²) in [6.07, 6.45) is 1.97. The maximum Gasteiger partial charge on any atom is 0.122 e. The van der Waals surface area contributed by atoms with E-state index >= 15 is 0 Å². The van der Waals surface area contributed by atoms with Crippen LogP contribution in [0.25, 0.3) is 0 Å². The Morgan fingerprint density at radius 3 is 2.71 bits per heavy atom. The number of alkyl halides is 1.